The zero-order valence-corrected chi connectivity index (χ0v) is 14.4. The number of benzene rings is 1. The van der Waals surface area contributed by atoms with E-state index in [1.807, 2.05) is 12.1 Å². The van der Waals surface area contributed by atoms with Crippen molar-refractivity contribution in [2.24, 2.45) is 0 Å². The topological polar surface area (TPSA) is 72.5 Å². The number of hydrogen-bond donors (Lipinski definition) is 2. The van der Waals surface area contributed by atoms with Crippen LogP contribution in [0.3, 0.4) is 0 Å². The second-order valence-corrected chi connectivity index (χ2v) is 6.04. The molecule has 2 amide bonds. The third kappa shape index (κ3) is 5.16. The molecule has 1 aromatic carbocycles. The summed E-state index contributed by atoms with van der Waals surface area (Å²) in [7, 11) is 0. The number of aromatic nitrogens is 1. The second-order valence-electron chi connectivity index (χ2n) is 6.04. The molecule has 0 aliphatic carbocycles. The Balaban J connectivity index is 1.47. The van der Waals surface area contributed by atoms with Crippen LogP contribution in [0.1, 0.15) is 12.0 Å². The van der Waals surface area contributed by atoms with Crippen LogP contribution in [0.5, 0.6) is 5.88 Å². The van der Waals surface area contributed by atoms with Crippen molar-refractivity contribution in [2.45, 2.75) is 25.0 Å². The first-order chi connectivity index (χ1) is 12.7. The van der Waals surface area contributed by atoms with Gasteiger partial charge >= 0.3 is 6.03 Å². The van der Waals surface area contributed by atoms with Crippen LogP contribution in [0.25, 0.3) is 0 Å². The molecule has 0 spiro atoms. The Morgan fingerprint density at radius 1 is 1.27 bits per heavy atom. The Morgan fingerprint density at radius 3 is 2.92 bits per heavy atom. The largest absolute Gasteiger partial charge is 0.470 e. The van der Waals surface area contributed by atoms with E-state index < -0.39 is 0 Å². The molecule has 2 atom stereocenters. The van der Waals surface area contributed by atoms with Crippen LogP contribution in [-0.4, -0.2) is 42.9 Å². The van der Waals surface area contributed by atoms with Crippen molar-refractivity contribution in [3.05, 3.63) is 60.0 Å². The van der Waals surface area contributed by atoms with Gasteiger partial charge in [0, 0.05) is 25.4 Å². The molecule has 2 aromatic rings. The zero-order valence-electron chi connectivity index (χ0n) is 14.4. The van der Waals surface area contributed by atoms with E-state index in [4.69, 9.17) is 9.47 Å². The van der Waals surface area contributed by atoms with Crippen LogP contribution in [0.2, 0.25) is 0 Å². The summed E-state index contributed by atoms with van der Waals surface area (Å²) in [4.78, 5) is 16.3. The highest BCUT2D eigenvalue weighted by Crippen LogP contribution is 2.15. The summed E-state index contributed by atoms with van der Waals surface area (Å²) in [6, 6.07) is 11.5. The van der Waals surface area contributed by atoms with Gasteiger partial charge < -0.3 is 20.1 Å². The Morgan fingerprint density at radius 2 is 2.12 bits per heavy atom. The number of carbonyl (C=O) groups is 1. The van der Waals surface area contributed by atoms with Crippen molar-refractivity contribution in [1.82, 2.24) is 15.6 Å². The van der Waals surface area contributed by atoms with Crippen molar-refractivity contribution in [1.29, 1.82) is 0 Å². The minimum Gasteiger partial charge on any atom is -0.470 e. The Kier molecular flexibility index (Phi) is 6.38. The van der Waals surface area contributed by atoms with Gasteiger partial charge in [0.25, 0.3) is 0 Å². The number of hydrogen-bond acceptors (Lipinski definition) is 4. The van der Waals surface area contributed by atoms with E-state index in [-0.39, 0.29) is 24.0 Å². The molecule has 6 nitrogen and oxygen atoms in total. The van der Waals surface area contributed by atoms with E-state index in [1.54, 1.807) is 30.5 Å². The quantitative estimate of drug-likeness (QED) is 0.830. The van der Waals surface area contributed by atoms with E-state index in [0.29, 0.717) is 44.0 Å². The Hall–Kier alpha value is -2.67. The van der Waals surface area contributed by atoms with Gasteiger partial charge in [-0.1, -0.05) is 24.3 Å². The van der Waals surface area contributed by atoms with E-state index in [1.165, 1.54) is 6.07 Å². The second kappa shape index (κ2) is 9.15. The average Bonchev–Trinajstić information content (AvgIpc) is 2.66. The van der Waals surface area contributed by atoms with Gasteiger partial charge in [-0.15, -0.1) is 0 Å². The summed E-state index contributed by atoms with van der Waals surface area (Å²) in [5.41, 5.74) is 0.579. The number of halogens is 1. The molecule has 1 aromatic heterocycles. The number of ether oxygens (including phenoxy) is 2. The van der Waals surface area contributed by atoms with Crippen LogP contribution in [-0.2, 0) is 11.2 Å². The van der Waals surface area contributed by atoms with Gasteiger partial charge in [-0.05, 0) is 30.5 Å². The van der Waals surface area contributed by atoms with Crippen molar-refractivity contribution in [3.8, 4) is 5.88 Å². The first kappa shape index (κ1) is 18.1. The number of carbonyl (C=O) groups excluding carboxylic acids is 1. The van der Waals surface area contributed by atoms with Gasteiger partial charge in [0.2, 0.25) is 5.88 Å². The van der Waals surface area contributed by atoms with Crippen LogP contribution in [0.15, 0.2) is 48.7 Å². The summed E-state index contributed by atoms with van der Waals surface area (Å²) < 4.78 is 24.9. The summed E-state index contributed by atoms with van der Waals surface area (Å²) >= 11 is 0. The monoisotopic (exact) mass is 359 g/mol. The maximum atomic E-state index is 13.6. The molecule has 1 aliphatic heterocycles. The van der Waals surface area contributed by atoms with Crippen LogP contribution in [0, 0.1) is 5.82 Å². The third-order valence-electron chi connectivity index (χ3n) is 4.17. The molecule has 2 N–H and O–H groups in total. The van der Waals surface area contributed by atoms with E-state index in [2.05, 4.69) is 15.6 Å². The smallest absolute Gasteiger partial charge is 0.315 e. The lowest BCUT2D eigenvalue weighted by atomic mass is 10.1. The zero-order chi connectivity index (χ0) is 18.2. The van der Waals surface area contributed by atoms with E-state index >= 15 is 0 Å². The maximum Gasteiger partial charge on any atom is 0.315 e. The number of rotatable bonds is 6. The minimum atomic E-state index is -0.309. The van der Waals surface area contributed by atoms with Crippen molar-refractivity contribution >= 4 is 6.03 Å². The molecule has 3 rings (SSSR count). The number of urea groups is 1. The number of pyridine rings is 1. The Bertz CT molecular complexity index is 714. The lowest BCUT2D eigenvalue weighted by Crippen LogP contribution is -2.54. The highest BCUT2D eigenvalue weighted by Gasteiger charge is 2.29. The lowest BCUT2D eigenvalue weighted by Gasteiger charge is -2.32. The minimum absolute atomic E-state index is 0.181. The fraction of sp³-hybridized carbons (Fsp3) is 0.368. The van der Waals surface area contributed by atoms with Gasteiger partial charge in [-0.2, -0.15) is 0 Å². The van der Waals surface area contributed by atoms with Crippen molar-refractivity contribution in [2.75, 3.05) is 19.8 Å². The van der Waals surface area contributed by atoms with Gasteiger partial charge in [0.1, 0.15) is 11.9 Å². The van der Waals surface area contributed by atoms with Crippen molar-refractivity contribution in [3.63, 3.8) is 0 Å². The average molecular weight is 359 g/mol. The molecular weight excluding hydrogens is 337 g/mol. The maximum absolute atomic E-state index is 13.6. The predicted octanol–water partition coefficient (Wildman–Crippen LogP) is 2.30. The fourth-order valence-corrected chi connectivity index (χ4v) is 2.80. The summed E-state index contributed by atoms with van der Waals surface area (Å²) in [6.45, 7) is 1.29. The number of nitrogens with zero attached hydrogens (tertiary/aromatic N) is 1. The van der Waals surface area contributed by atoms with Gasteiger partial charge in [0.15, 0.2) is 0 Å². The summed E-state index contributed by atoms with van der Waals surface area (Å²) in [5, 5.41) is 5.67. The van der Waals surface area contributed by atoms with Crippen LogP contribution in [0.4, 0.5) is 9.18 Å². The molecule has 1 fully saturated rings. The SMILES string of the molecule is O=C(NCCc1ccccc1F)N[C@@H]1CCOC[C@H]1Oc1ccccn1. The molecule has 2 heterocycles. The normalized spacial score (nSPS) is 19.6. The van der Waals surface area contributed by atoms with Crippen molar-refractivity contribution < 1.29 is 18.7 Å². The standard InChI is InChI=1S/C19H22FN3O3/c20-15-6-2-1-5-14(15)8-11-22-19(24)23-16-9-12-25-13-17(16)26-18-7-3-4-10-21-18/h1-7,10,16-17H,8-9,11-13H2,(H2,22,23,24)/t16-,17-/m1/s1. The molecule has 0 radical (unpaired) electrons. The van der Waals surface area contributed by atoms with E-state index in [0.717, 1.165) is 0 Å². The first-order valence-corrected chi connectivity index (χ1v) is 8.65. The first-order valence-electron chi connectivity index (χ1n) is 8.65. The molecule has 0 unspecified atom stereocenters. The van der Waals surface area contributed by atoms with Gasteiger partial charge in [-0.25, -0.2) is 14.2 Å². The molecular formula is C19H22FN3O3. The Labute approximate surface area is 151 Å². The summed E-state index contributed by atoms with van der Waals surface area (Å²) in [5.74, 6) is 0.234. The number of nitrogens with one attached hydrogen (secondary N) is 2. The fourth-order valence-electron chi connectivity index (χ4n) is 2.80. The predicted molar refractivity (Wildman–Crippen MR) is 94.5 cm³/mol. The van der Waals surface area contributed by atoms with Gasteiger partial charge in [-0.3, -0.25) is 0 Å². The molecule has 1 saturated heterocycles. The molecule has 26 heavy (non-hydrogen) atoms. The van der Waals surface area contributed by atoms with Crippen LogP contribution < -0.4 is 15.4 Å². The molecule has 1 aliphatic rings. The molecule has 7 heteroatoms. The van der Waals surface area contributed by atoms with E-state index in [9.17, 15) is 9.18 Å². The third-order valence-corrected chi connectivity index (χ3v) is 4.17. The highest BCUT2D eigenvalue weighted by molar-refractivity contribution is 5.74. The highest BCUT2D eigenvalue weighted by atomic mass is 19.1. The lowest BCUT2D eigenvalue weighted by molar-refractivity contribution is -0.0136. The summed E-state index contributed by atoms with van der Waals surface area (Å²) in [6.07, 6.45) is 2.42. The number of amides is 2. The van der Waals surface area contributed by atoms with Gasteiger partial charge in [0.05, 0.1) is 12.6 Å². The van der Waals surface area contributed by atoms with Crippen LogP contribution >= 0.6 is 0 Å². The molecule has 138 valence electrons. The molecule has 0 bridgehead atoms. The molecule has 0 saturated carbocycles.